The van der Waals surface area contributed by atoms with Crippen LogP contribution in [0.15, 0.2) is 59.1 Å². The standard InChI is InChI=1S/C22H26N4O3/c1-27-19-7-9-20(10-8-19)28-16-15-25-11-13-26(14-12-25)17-21-23-22(24-29-21)18-5-3-2-4-6-18/h2-10H,11-17H2,1H3/p+2. The number of hydrogen-bond donors (Lipinski definition) is 2. The van der Waals surface area contributed by atoms with Crippen LogP contribution in [0.5, 0.6) is 11.5 Å². The predicted molar refractivity (Wildman–Crippen MR) is 108 cm³/mol. The summed E-state index contributed by atoms with van der Waals surface area (Å²) >= 11 is 0. The highest BCUT2D eigenvalue weighted by Crippen LogP contribution is 2.16. The van der Waals surface area contributed by atoms with Gasteiger partial charge < -0.3 is 23.8 Å². The first-order chi connectivity index (χ1) is 14.3. The van der Waals surface area contributed by atoms with Gasteiger partial charge in [0, 0.05) is 5.56 Å². The van der Waals surface area contributed by atoms with Crippen LogP contribution in [-0.4, -0.2) is 56.6 Å². The molecule has 1 aliphatic heterocycles. The summed E-state index contributed by atoms with van der Waals surface area (Å²) in [6, 6.07) is 17.7. The van der Waals surface area contributed by atoms with Gasteiger partial charge in [0.1, 0.15) is 50.8 Å². The maximum absolute atomic E-state index is 5.86. The van der Waals surface area contributed by atoms with Crippen LogP contribution in [0, 0.1) is 0 Å². The van der Waals surface area contributed by atoms with Crippen LogP contribution in [0.4, 0.5) is 0 Å². The molecular formula is C22H28N4O3+2. The molecule has 29 heavy (non-hydrogen) atoms. The van der Waals surface area contributed by atoms with Gasteiger partial charge in [-0.05, 0) is 24.3 Å². The lowest BCUT2D eigenvalue weighted by Crippen LogP contribution is -3.27. The fraction of sp³-hybridized carbons (Fsp3) is 0.364. The SMILES string of the molecule is COc1ccc(OCC[NH+]2CC[NH+](Cc3nc(-c4ccccc4)no3)CC2)cc1. The van der Waals surface area contributed by atoms with Crippen molar-refractivity contribution >= 4 is 0 Å². The fourth-order valence-corrected chi connectivity index (χ4v) is 3.61. The smallest absolute Gasteiger partial charge is 0.282 e. The van der Waals surface area contributed by atoms with Crippen molar-refractivity contribution in [3.63, 3.8) is 0 Å². The number of methoxy groups -OCH3 is 1. The quantitative estimate of drug-likeness (QED) is 0.566. The Bertz CT molecular complexity index is 875. The summed E-state index contributed by atoms with van der Waals surface area (Å²) < 4.78 is 16.5. The molecule has 0 atom stereocenters. The van der Waals surface area contributed by atoms with Gasteiger partial charge in [0.15, 0.2) is 6.54 Å². The molecule has 7 heteroatoms. The molecule has 0 saturated carbocycles. The van der Waals surface area contributed by atoms with E-state index in [1.807, 2.05) is 54.6 Å². The van der Waals surface area contributed by atoms with E-state index in [4.69, 9.17) is 14.0 Å². The highest BCUT2D eigenvalue weighted by molar-refractivity contribution is 5.53. The third-order valence-electron chi connectivity index (χ3n) is 5.35. The Kier molecular flexibility index (Phi) is 6.38. The average molecular weight is 396 g/mol. The van der Waals surface area contributed by atoms with E-state index in [1.54, 1.807) is 12.0 Å². The maximum atomic E-state index is 5.86. The van der Waals surface area contributed by atoms with Gasteiger partial charge in [-0.25, -0.2) is 0 Å². The number of piperazine rings is 1. The minimum Gasteiger partial charge on any atom is -0.497 e. The number of benzene rings is 2. The molecule has 0 spiro atoms. The third kappa shape index (κ3) is 5.34. The number of nitrogens with one attached hydrogen (secondary N) is 2. The Morgan fingerprint density at radius 1 is 0.897 bits per heavy atom. The Labute approximate surface area is 170 Å². The van der Waals surface area contributed by atoms with Gasteiger partial charge in [-0.1, -0.05) is 35.5 Å². The largest absolute Gasteiger partial charge is 0.497 e. The Balaban J connectivity index is 1.18. The molecule has 1 aliphatic rings. The molecule has 7 nitrogen and oxygen atoms in total. The van der Waals surface area contributed by atoms with Gasteiger partial charge in [0.2, 0.25) is 5.82 Å². The van der Waals surface area contributed by atoms with Gasteiger partial charge in [-0.3, -0.25) is 0 Å². The molecule has 2 aromatic carbocycles. The van der Waals surface area contributed by atoms with Crippen LogP contribution in [0.3, 0.4) is 0 Å². The second-order valence-electron chi connectivity index (χ2n) is 7.33. The van der Waals surface area contributed by atoms with Crippen molar-refractivity contribution in [3.8, 4) is 22.9 Å². The van der Waals surface area contributed by atoms with E-state index in [-0.39, 0.29) is 0 Å². The molecule has 1 saturated heterocycles. The van der Waals surface area contributed by atoms with E-state index >= 15 is 0 Å². The lowest BCUT2D eigenvalue weighted by atomic mass is 10.2. The molecule has 1 fully saturated rings. The van der Waals surface area contributed by atoms with E-state index in [9.17, 15) is 0 Å². The topological polar surface area (TPSA) is 66.3 Å². The van der Waals surface area contributed by atoms with Crippen LogP contribution in [0.25, 0.3) is 11.4 Å². The van der Waals surface area contributed by atoms with Gasteiger partial charge in [-0.2, -0.15) is 4.98 Å². The Morgan fingerprint density at radius 2 is 1.59 bits per heavy atom. The molecule has 4 rings (SSSR count). The monoisotopic (exact) mass is 396 g/mol. The van der Waals surface area contributed by atoms with Gasteiger partial charge in [0.25, 0.3) is 5.89 Å². The van der Waals surface area contributed by atoms with Gasteiger partial charge >= 0.3 is 0 Å². The Hall–Kier alpha value is -2.90. The zero-order chi connectivity index (χ0) is 19.9. The average Bonchev–Trinajstić information content (AvgIpc) is 3.25. The predicted octanol–water partition coefficient (Wildman–Crippen LogP) is 0.108. The highest BCUT2D eigenvalue weighted by Gasteiger charge is 2.24. The van der Waals surface area contributed by atoms with Crippen molar-refractivity contribution in [1.82, 2.24) is 10.1 Å². The summed E-state index contributed by atoms with van der Waals surface area (Å²) in [4.78, 5) is 7.63. The van der Waals surface area contributed by atoms with E-state index in [1.165, 1.54) is 4.90 Å². The second kappa shape index (κ2) is 9.54. The lowest BCUT2D eigenvalue weighted by Gasteiger charge is -2.28. The first-order valence-corrected chi connectivity index (χ1v) is 10.1. The van der Waals surface area contributed by atoms with Crippen molar-refractivity contribution in [3.05, 3.63) is 60.5 Å². The van der Waals surface area contributed by atoms with E-state index < -0.39 is 0 Å². The highest BCUT2D eigenvalue weighted by atomic mass is 16.5. The Morgan fingerprint density at radius 3 is 2.31 bits per heavy atom. The molecule has 2 heterocycles. The number of aromatic nitrogens is 2. The molecule has 1 aromatic heterocycles. The molecule has 0 bridgehead atoms. The number of rotatable bonds is 8. The molecule has 0 unspecified atom stereocenters. The van der Waals surface area contributed by atoms with Crippen LogP contribution >= 0.6 is 0 Å². The van der Waals surface area contributed by atoms with Gasteiger partial charge in [0.05, 0.1) is 7.11 Å². The summed E-state index contributed by atoms with van der Waals surface area (Å²) in [6.07, 6.45) is 0. The second-order valence-corrected chi connectivity index (χ2v) is 7.33. The first kappa shape index (κ1) is 19.4. The van der Waals surface area contributed by atoms with Crippen molar-refractivity contribution in [2.24, 2.45) is 0 Å². The van der Waals surface area contributed by atoms with Crippen LogP contribution < -0.4 is 19.3 Å². The lowest BCUT2D eigenvalue weighted by molar-refractivity contribution is -1.02. The van der Waals surface area contributed by atoms with Gasteiger partial charge in [-0.15, -0.1) is 0 Å². The molecule has 0 amide bonds. The number of nitrogens with zero attached hydrogens (tertiary/aromatic N) is 2. The summed E-state index contributed by atoms with van der Waals surface area (Å²) in [5.74, 6) is 3.12. The summed E-state index contributed by atoms with van der Waals surface area (Å²) in [7, 11) is 1.67. The number of hydrogen-bond acceptors (Lipinski definition) is 5. The number of quaternary nitrogens is 2. The van der Waals surface area contributed by atoms with Crippen molar-refractivity contribution < 1.29 is 23.8 Å². The molecule has 2 N–H and O–H groups in total. The summed E-state index contributed by atoms with van der Waals surface area (Å²) in [5, 5.41) is 4.12. The van der Waals surface area contributed by atoms with E-state index in [0.29, 0.717) is 11.7 Å². The number of ether oxygens (including phenoxy) is 2. The molecule has 0 aliphatic carbocycles. The third-order valence-corrected chi connectivity index (χ3v) is 5.35. The zero-order valence-corrected chi connectivity index (χ0v) is 16.8. The van der Waals surface area contributed by atoms with E-state index in [0.717, 1.165) is 62.9 Å². The van der Waals surface area contributed by atoms with Crippen LogP contribution in [-0.2, 0) is 6.54 Å². The molecule has 0 radical (unpaired) electrons. The van der Waals surface area contributed by atoms with Crippen molar-refractivity contribution in [2.75, 3.05) is 46.4 Å². The summed E-state index contributed by atoms with van der Waals surface area (Å²) in [5.41, 5.74) is 0.989. The summed E-state index contributed by atoms with van der Waals surface area (Å²) in [6.45, 7) is 6.97. The minimum atomic E-state index is 0.667. The zero-order valence-electron chi connectivity index (χ0n) is 16.8. The van der Waals surface area contributed by atoms with Crippen LogP contribution in [0.2, 0.25) is 0 Å². The molecule has 3 aromatic rings. The minimum absolute atomic E-state index is 0.667. The maximum Gasteiger partial charge on any atom is 0.282 e. The fourth-order valence-electron chi connectivity index (χ4n) is 3.61. The van der Waals surface area contributed by atoms with E-state index in [2.05, 4.69) is 10.1 Å². The molecular weight excluding hydrogens is 368 g/mol. The van der Waals surface area contributed by atoms with Crippen LogP contribution in [0.1, 0.15) is 5.89 Å². The van der Waals surface area contributed by atoms with Crippen molar-refractivity contribution in [1.29, 1.82) is 0 Å². The van der Waals surface area contributed by atoms with Crippen molar-refractivity contribution in [2.45, 2.75) is 6.54 Å². The first-order valence-electron chi connectivity index (χ1n) is 10.1. The molecule has 152 valence electrons. The normalized spacial score (nSPS) is 19.1.